The van der Waals surface area contributed by atoms with Crippen molar-refractivity contribution in [2.24, 2.45) is 0 Å². The lowest BCUT2D eigenvalue weighted by molar-refractivity contribution is -0.384. The van der Waals surface area contributed by atoms with Crippen LogP contribution in [0.25, 0.3) is 0 Å². The number of nitro benzene ring substituents is 1. The van der Waals surface area contributed by atoms with Crippen LogP contribution < -0.4 is 20.1 Å². The largest absolute Gasteiger partial charge is 0.497 e. The smallest absolute Gasteiger partial charge is 0.269 e. The third-order valence-electron chi connectivity index (χ3n) is 5.11. The van der Waals surface area contributed by atoms with E-state index in [0.717, 1.165) is 0 Å². The molecular weight excluding hydrogens is 416 g/mol. The van der Waals surface area contributed by atoms with Gasteiger partial charge in [0.25, 0.3) is 11.6 Å². The van der Waals surface area contributed by atoms with Crippen molar-refractivity contribution in [3.05, 3.63) is 75.7 Å². The van der Waals surface area contributed by atoms with Crippen LogP contribution in [0.1, 0.15) is 18.5 Å². The number of methoxy groups -OCH3 is 2. The molecule has 164 valence electrons. The van der Waals surface area contributed by atoms with E-state index >= 15 is 0 Å². The molecule has 1 aliphatic rings. The fraction of sp³-hybridized carbons (Fsp3) is 0.190. The molecular formula is C21H20N6O5. The van der Waals surface area contributed by atoms with Gasteiger partial charge in [-0.2, -0.15) is 10.1 Å². The zero-order valence-corrected chi connectivity index (χ0v) is 17.5. The van der Waals surface area contributed by atoms with E-state index in [-0.39, 0.29) is 5.69 Å². The van der Waals surface area contributed by atoms with Gasteiger partial charge in [0, 0.05) is 23.9 Å². The van der Waals surface area contributed by atoms with Crippen LogP contribution in [0, 0.1) is 10.1 Å². The SMILES string of the molecule is COc1ccc(OC)c(NC(=O)C2=C(C)Nc3ncnn3C2c2ccc([N+](=O)[O-])cc2)c1. The zero-order valence-electron chi connectivity index (χ0n) is 17.5. The topological polar surface area (TPSA) is 133 Å². The predicted octanol–water partition coefficient (Wildman–Crippen LogP) is 3.13. The minimum atomic E-state index is -0.647. The van der Waals surface area contributed by atoms with Crippen molar-refractivity contribution in [2.75, 3.05) is 24.9 Å². The first-order valence-corrected chi connectivity index (χ1v) is 9.58. The lowest BCUT2D eigenvalue weighted by Gasteiger charge is -2.28. The van der Waals surface area contributed by atoms with E-state index < -0.39 is 16.9 Å². The maximum atomic E-state index is 13.5. The molecule has 0 fully saturated rings. The Kier molecular flexibility index (Phi) is 5.46. The summed E-state index contributed by atoms with van der Waals surface area (Å²) in [6.07, 6.45) is 1.37. The Bertz CT molecular complexity index is 1220. The van der Waals surface area contributed by atoms with Crippen LogP contribution in [0.5, 0.6) is 11.5 Å². The Morgan fingerprint density at radius 1 is 1.19 bits per heavy atom. The number of ether oxygens (including phenoxy) is 2. The Hall–Kier alpha value is -4.41. The standard InChI is InChI=1S/C21H20N6O5/c1-12-18(20(28)25-16-10-15(31-2)8-9-17(16)32-3)19(26-21(24-12)22-11-23-26)13-4-6-14(7-5-13)27(29)30/h4-11,19H,1-3H3,(H,25,28)(H,22,23,24). The molecule has 1 aromatic heterocycles. The van der Waals surface area contributed by atoms with Crippen LogP contribution in [-0.4, -0.2) is 39.8 Å². The molecule has 2 heterocycles. The fourth-order valence-corrected chi connectivity index (χ4v) is 3.57. The van der Waals surface area contributed by atoms with Crippen molar-refractivity contribution in [3.63, 3.8) is 0 Å². The highest BCUT2D eigenvalue weighted by molar-refractivity contribution is 6.06. The molecule has 0 bridgehead atoms. The lowest BCUT2D eigenvalue weighted by atomic mass is 9.94. The number of benzene rings is 2. The van der Waals surface area contributed by atoms with Crippen LogP contribution in [0.3, 0.4) is 0 Å². The van der Waals surface area contributed by atoms with Gasteiger partial charge in [0.2, 0.25) is 5.95 Å². The molecule has 1 atom stereocenters. The molecule has 2 aromatic carbocycles. The summed E-state index contributed by atoms with van der Waals surface area (Å²) < 4.78 is 12.2. The highest BCUT2D eigenvalue weighted by atomic mass is 16.6. The number of nitrogens with one attached hydrogen (secondary N) is 2. The first-order valence-electron chi connectivity index (χ1n) is 9.58. The maximum Gasteiger partial charge on any atom is 0.269 e. The summed E-state index contributed by atoms with van der Waals surface area (Å²) in [5.74, 6) is 1.08. The first-order chi connectivity index (χ1) is 15.4. The summed E-state index contributed by atoms with van der Waals surface area (Å²) >= 11 is 0. The fourth-order valence-electron chi connectivity index (χ4n) is 3.57. The first kappa shape index (κ1) is 20.8. The second-order valence-electron chi connectivity index (χ2n) is 6.96. The average molecular weight is 436 g/mol. The number of non-ortho nitro benzene ring substituents is 1. The molecule has 0 radical (unpaired) electrons. The quantitative estimate of drug-likeness (QED) is 0.445. The molecule has 11 nitrogen and oxygen atoms in total. The zero-order chi connectivity index (χ0) is 22.8. The number of carbonyl (C=O) groups is 1. The van der Waals surface area contributed by atoms with E-state index in [1.54, 1.807) is 41.9 Å². The number of amides is 1. The van der Waals surface area contributed by atoms with E-state index in [9.17, 15) is 14.9 Å². The van der Waals surface area contributed by atoms with Gasteiger partial charge >= 0.3 is 0 Å². The predicted molar refractivity (Wildman–Crippen MR) is 116 cm³/mol. The normalized spacial score (nSPS) is 14.9. The summed E-state index contributed by atoms with van der Waals surface area (Å²) in [5, 5.41) is 21.3. The minimum absolute atomic E-state index is 0.0469. The van der Waals surface area contributed by atoms with Crippen molar-refractivity contribution in [1.82, 2.24) is 14.8 Å². The Morgan fingerprint density at radius 3 is 2.59 bits per heavy atom. The summed E-state index contributed by atoms with van der Waals surface area (Å²) in [4.78, 5) is 28.2. The van der Waals surface area contributed by atoms with E-state index in [1.165, 1.54) is 32.7 Å². The molecule has 1 unspecified atom stereocenters. The monoisotopic (exact) mass is 436 g/mol. The maximum absolute atomic E-state index is 13.5. The second kappa shape index (κ2) is 8.38. The van der Waals surface area contributed by atoms with Crippen molar-refractivity contribution in [3.8, 4) is 11.5 Å². The van der Waals surface area contributed by atoms with Gasteiger partial charge in [-0.3, -0.25) is 14.9 Å². The van der Waals surface area contributed by atoms with Gasteiger partial charge in [-0.15, -0.1) is 0 Å². The van der Waals surface area contributed by atoms with Gasteiger partial charge < -0.3 is 20.1 Å². The van der Waals surface area contributed by atoms with Gasteiger partial charge in [0.1, 0.15) is 23.9 Å². The van der Waals surface area contributed by atoms with E-state index in [0.29, 0.717) is 40.0 Å². The summed E-state index contributed by atoms with van der Waals surface area (Å²) in [6.45, 7) is 1.76. The lowest BCUT2D eigenvalue weighted by Crippen LogP contribution is -2.31. The molecule has 4 rings (SSSR count). The molecule has 11 heteroatoms. The van der Waals surface area contributed by atoms with Gasteiger partial charge in [0.05, 0.1) is 30.4 Å². The second-order valence-corrected chi connectivity index (χ2v) is 6.96. The van der Waals surface area contributed by atoms with Crippen molar-refractivity contribution >= 4 is 23.2 Å². The number of nitro groups is 1. The summed E-state index contributed by atoms with van der Waals surface area (Å²) in [6, 6.07) is 10.4. The number of nitrogens with zero attached hydrogens (tertiary/aromatic N) is 4. The van der Waals surface area contributed by atoms with Gasteiger partial charge in [-0.25, -0.2) is 4.68 Å². The summed E-state index contributed by atoms with van der Waals surface area (Å²) in [7, 11) is 3.04. The number of fused-ring (bicyclic) bond motifs is 1. The number of hydrogen-bond acceptors (Lipinski definition) is 8. The minimum Gasteiger partial charge on any atom is -0.497 e. The molecule has 2 N–H and O–H groups in total. The molecule has 3 aromatic rings. The molecule has 0 saturated carbocycles. The molecule has 1 aliphatic heterocycles. The highest BCUT2D eigenvalue weighted by Gasteiger charge is 2.34. The number of hydrogen-bond donors (Lipinski definition) is 2. The van der Waals surface area contributed by atoms with Crippen LogP contribution in [0.2, 0.25) is 0 Å². The van der Waals surface area contributed by atoms with E-state index in [2.05, 4.69) is 20.7 Å². The van der Waals surface area contributed by atoms with Crippen LogP contribution in [-0.2, 0) is 4.79 Å². The molecule has 1 amide bonds. The van der Waals surface area contributed by atoms with Crippen molar-refractivity contribution < 1.29 is 19.2 Å². The number of aromatic nitrogens is 3. The molecule has 0 saturated heterocycles. The highest BCUT2D eigenvalue weighted by Crippen LogP contribution is 2.37. The Balaban J connectivity index is 1.75. The third kappa shape index (κ3) is 3.71. The van der Waals surface area contributed by atoms with Crippen LogP contribution in [0.4, 0.5) is 17.3 Å². The van der Waals surface area contributed by atoms with E-state index in [4.69, 9.17) is 9.47 Å². The van der Waals surface area contributed by atoms with Crippen molar-refractivity contribution in [1.29, 1.82) is 0 Å². The Morgan fingerprint density at radius 2 is 1.94 bits per heavy atom. The van der Waals surface area contributed by atoms with Crippen LogP contribution >= 0.6 is 0 Å². The molecule has 0 spiro atoms. The van der Waals surface area contributed by atoms with Gasteiger partial charge in [-0.05, 0) is 36.8 Å². The third-order valence-corrected chi connectivity index (χ3v) is 5.11. The Labute approximate surface area is 182 Å². The average Bonchev–Trinajstić information content (AvgIpc) is 3.26. The number of anilines is 2. The van der Waals surface area contributed by atoms with Crippen molar-refractivity contribution in [2.45, 2.75) is 13.0 Å². The number of carbonyl (C=O) groups excluding carboxylic acids is 1. The number of allylic oxidation sites excluding steroid dienone is 1. The number of rotatable bonds is 6. The van der Waals surface area contributed by atoms with Gasteiger partial charge in [0.15, 0.2) is 0 Å². The molecule has 0 aliphatic carbocycles. The summed E-state index contributed by atoms with van der Waals surface area (Å²) in [5.41, 5.74) is 1.99. The van der Waals surface area contributed by atoms with Gasteiger partial charge in [-0.1, -0.05) is 0 Å². The van der Waals surface area contributed by atoms with E-state index in [1.807, 2.05) is 0 Å². The molecule has 32 heavy (non-hydrogen) atoms. The van der Waals surface area contributed by atoms with Crippen LogP contribution in [0.15, 0.2) is 60.1 Å².